The lowest BCUT2D eigenvalue weighted by atomic mass is 9.95. The molecule has 0 aromatic heterocycles. The molecular weight excluding hydrogens is 416 g/mol. The zero-order chi connectivity index (χ0) is 22.3. The van der Waals surface area contributed by atoms with Crippen LogP contribution < -0.4 is 10.6 Å². The highest BCUT2D eigenvalue weighted by Gasteiger charge is 2.45. The lowest BCUT2D eigenvalue weighted by Crippen LogP contribution is -2.45. The number of amides is 4. The summed E-state index contributed by atoms with van der Waals surface area (Å²) in [5.74, 6) is -0.591. The number of aryl methyl sites for hydroxylation is 1. The highest BCUT2D eigenvalue weighted by molar-refractivity contribution is 6.31. The zero-order valence-corrected chi connectivity index (χ0v) is 18.2. The first kappa shape index (κ1) is 20.9. The van der Waals surface area contributed by atoms with Crippen molar-refractivity contribution in [2.45, 2.75) is 25.9 Å². The van der Waals surface area contributed by atoms with Gasteiger partial charge in [-0.25, -0.2) is 4.79 Å². The SMILES string of the molecule is Cc1ccc(NC(=O)C(C)N2CC3=C(C2=O)C(c2ccccc2Cl)NC(=O)N3C)cc1. The van der Waals surface area contributed by atoms with Crippen LogP contribution in [0.15, 0.2) is 59.8 Å². The lowest BCUT2D eigenvalue weighted by Gasteiger charge is -2.31. The third kappa shape index (κ3) is 3.77. The summed E-state index contributed by atoms with van der Waals surface area (Å²) in [5, 5.41) is 6.17. The summed E-state index contributed by atoms with van der Waals surface area (Å²) in [6.07, 6.45) is 0. The first-order chi connectivity index (χ1) is 14.8. The number of carbonyl (C=O) groups is 3. The highest BCUT2D eigenvalue weighted by atomic mass is 35.5. The monoisotopic (exact) mass is 438 g/mol. The van der Waals surface area contributed by atoms with E-state index in [9.17, 15) is 14.4 Å². The third-order valence-electron chi connectivity index (χ3n) is 5.77. The Morgan fingerprint density at radius 1 is 1.16 bits per heavy atom. The Balaban J connectivity index is 1.60. The largest absolute Gasteiger partial charge is 0.326 e. The van der Waals surface area contributed by atoms with E-state index < -0.39 is 12.1 Å². The summed E-state index contributed by atoms with van der Waals surface area (Å²) < 4.78 is 0. The Bertz CT molecular complexity index is 1100. The molecule has 0 radical (unpaired) electrons. The Labute approximate surface area is 185 Å². The van der Waals surface area contributed by atoms with Crippen molar-refractivity contribution in [3.63, 3.8) is 0 Å². The molecule has 2 aromatic carbocycles. The topological polar surface area (TPSA) is 81.8 Å². The van der Waals surface area contributed by atoms with Gasteiger partial charge in [0.2, 0.25) is 5.91 Å². The van der Waals surface area contributed by atoms with Crippen LogP contribution in [0, 0.1) is 6.92 Å². The van der Waals surface area contributed by atoms with E-state index in [0.29, 0.717) is 27.5 Å². The number of anilines is 1. The van der Waals surface area contributed by atoms with Crippen LogP contribution in [0.25, 0.3) is 0 Å². The van der Waals surface area contributed by atoms with Gasteiger partial charge in [0.1, 0.15) is 6.04 Å². The standard InChI is InChI=1S/C23H23ClN4O3/c1-13-8-10-15(11-9-13)25-21(29)14(2)28-12-18-19(22(28)30)20(26-23(31)27(18)3)16-6-4-5-7-17(16)24/h4-11,14,20H,12H2,1-3H3,(H,25,29)(H,26,31). The number of nitrogens with one attached hydrogen (secondary N) is 2. The number of benzene rings is 2. The number of urea groups is 1. The van der Waals surface area contributed by atoms with Crippen molar-refractivity contribution in [2.75, 3.05) is 18.9 Å². The van der Waals surface area contributed by atoms with Gasteiger partial charge in [0.15, 0.2) is 0 Å². The highest BCUT2D eigenvalue weighted by Crippen LogP contribution is 2.38. The zero-order valence-electron chi connectivity index (χ0n) is 17.5. The maximum atomic E-state index is 13.4. The molecule has 2 aliphatic rings. The van der Waals surface area contributed by atoms with Crippen molar-refractivity contribution in [2.24, 2.45) is 0 Å². The predicted molar refractivity (Wildman–Crippen MR) is 118 cm³/mol. The van der Waals surface area contributed by atoms with Gasteiger partial charge in [-0.05, 0) is 37.6 Å². The van der Waals surface area contributed by atoms with Crippen LogP contribution in [-0.2, 0) is 9.59 Å². The lowest BCUT2D eigenvalue weighted by molar-refractivity contribution is -0.133. The summed E-state index contributed by atoms with van der Waals surface area (Å²) in [5.41, 5.74) is 3.40. The minimum absolute atomic E-state index is 0.168. The molecule has 7 nitrogen and oxygen atoms in total. The van der Waals surface area contributed by atoms with Gasteiger partial charge in [0.25, 0.3) is 5.91 Å². The molecule has 0 saturated heterocycles. The molecule has 4 amide bonds. The summed E-state index contributed by atoms with van der Waals surface area (Å²) in [4.78, 5) is 41.7. The van der Waals surface area contributed by atoms with E-state index in [4.69, 9.17) is 11.6 Å². The summed E-state index contributed by atoms with van der Waals surface area (Å²) in [7, 11) is 1.61. The molecule has 4 rings (SSSR count). The van der Waals surface area contributed by atoms with Gasteiger partial charge in [-0.3, -0.25) is 14.5 Å². The smallest absolute Gasteiger partial charge is 0.322 e. The number of halogens is 1. The van der Waals surface area contributed by atoms with Crippen molar-refractivity contribution < 1.29 is 14.4 Å². The number of nitrogens with zero attached hydrogens (tertiary/aromatic N) is 2. The summed E-state index contributed by atoms with van der Waals surface area (Å²) in [6.45, 7) is 3.82. The van der Waals surface area contributed by atoms with Crippen LogP contribution in [0.1, 0.15) is 24.1 Å². The van der Waals surface area contributed by atoms with E-state index in [-0.39, 0.29) is 24.4 Å². The number of likely N-dealkylation sites (N-methyl/N-ethyl adjacent to an activating group) is 1. The molecule has 0 spiro atoms. The Kier molecular flexibility index (Phi) is 5.45. The molecule has 2 aliphatic heterocycles. The Hall–Kier alpha value is -3.32. The molecule has 8 heteroatoms. The van der Waals surface area contributed by atoms with Crippen molar-refractivity contribution in [3.05, 3.63) is 76.0 Å². The van der Waals surface area contributed by atoms with Crippen molar-refractivity contribution >= 4 is 35.1 Å². The fraction of sp³-hybridized carbons (Fsp3) is 0.261. The van der Waals surface area contributed by atoms with Crippen molar-refractivity contribution in [1.82, 2.24) is 15.1 Å². The van der Waals surface area contributed by atoms with Crippen molar-refractivity contribution in [1.29, 1.82) is 0 Å². The van der Waals surface area contributed by atoms with E-state index in [1.54, 1.807) is 38.2 Å². The Morgan fingerprint density at radius 2 is 1.84 bits per heavy atom. The molecule has 2 N–H and O–H groups in total. The van der Waals surface area contributed by atoms with Crippen LogP contribution in [0.2, 0.25) is 5.02 Å². The molecule has 0 aliphatic carbocycles. The van der Waals surface area contributed by atoms with Crippen LogP contribution in [0.5, 0.6) is 0 Å². The molecule has 0 saturated carbocycles. The normalized spacial score (nSPS) is 19.3. The second-order valence-electron chi connectivity index (χ2n) is 7.79. The van der Waals surface area contributed by atoms with Crippen LogP contribution in [-0.4, -0.2) is 47.3 Å². The Morgan fingerprint density at radius 3 is 2.52 bits per heavy atom. The fourth-order valence-corrected chi connectivity index (χ4v) is 4.11. The van der Waals surface area contributed by atoms with Gasteiger partial charge >= 0.3 is 6.03 Å². The molecule has 31 heavy (non-hydrogen) atoms. The van der Waals surface area contributed by atoms with E-state index in [1.165, 1.54) is 9.80 Å². The van der Waals surface area contributed by atoms with Crippen molar-refractivity contribution in [3.8, 4) is 0 Å². The first-order valence-corrected chi connectivity index (χ1v) is 10.4. The average molecular weight is 439 g/mol. The predicted octanol–water partition coefficient (Wildman–Crippen LogP) is 3.47. The number of hydrogen-bond donors (Lipinski definition) is 2. The van der Waals surface area contributed by atoms with E-state index in [0.717, 1.165) is 5.56 Å². The van der Waals surface area contributed by atoms with Gasteiger partial charge in [-0.1, -0.05) is 47.5 Å². The van der Waals surface area contributed by atoms with Gasteiger partial charge in [0, 0.05) is 17.8 Å². The number of rotatable bonds is 4. The molecule has 2 heterocycles. The molecule has 2 unspecified atom stereocenters. The third-order valence-corrected chi connectivity index (χ3v) is 6.11. The van der Waals surface area contributed by atoms with Gasteiger partial charge in [-0.15, -0.1) is 0 Å². The average Bonchev–Trinajstić information content (AvgIpc) is 3.10. The van der Waals surface area contributed by atoms with Gasteiger partial charge in [-0.2, -0.15) is 0 Å². The second kappa shape index (κ2) is 8.07. The molecule has 160 valence electrons. The maximum absolute atomic E-state index is 13.4. The fourth-order valence-electron chi connectivity index (χ4n) is 3.87. The van der Waals surface area contributed by atoms with Crippen LogP contribution in [0.4, 0.5) is 10.5 Å². The molecular formula is C23H23ClN4O3. The van der Waals surface area contributed by atoms with Gasteiger partial charge in [0.05, 0.1) is 23.9 Å². The molecule has 2 atom stereocenters. The minimum atomic E-state index is -0.727. The minimum Gasteiger partial charge on any atom is -0.326 e. The second-order valence-corrected chi connectivity index (χ2v) is 8.19. The molecule has 2 aromatic rings. The molecule has 0 fully saturated rings. The van der Waals surface area contributed by atoms with Crippen LogP contribution >= 0.6 is 11.6 Å². The quantitative estimate of drug-likeness (QED) is 0.766. The van der Waals surface area contributed by atoms with E-state index in [1.807, 2.05) is 31.2 Å². The number of carbonyl (C=O) groups excluding carboxylic acids is 3. The molecule has 0 bridgehead atoms. The first-order valence-electron chi connectivity index (χ1n) is 9.98. The summed E-state index contributed by atoms with van der Waals surface area (Å²) in [6, 6.07) is 12.8. The maximum Gasteiger partial charge on any atom is 0.322 e. The van der Waals surface area contributed by atoms with Crippen LogP contribution in [0.3, 0.4) is 0 Å². The van der Waals surface area contributed by atoms with Gasteiger partial charge < -0.3 is 15.5 Å². The summed E-state index contributed by atoms with van der Waals surface area (Å²) >= 11 is 6.35. The van der Waals surface area contributed by atoms with E-state index in [2.05, 4.69) is 10.6 Å². The number of hydrogen-bond acceptors (Lipinski definition) is 3. The van der Waals surface area contributed by atoms with E-state index >= 15 is 0 Å².